The average Bonchev–Trinajstić information content (AvgIpc) is 2.34. The summed E-state index contributed by atoms with van der Waals surface area (Å²) in [6.07, 6.45) is 6.03. The summed E-state index contributed by atoms with van der Waals surface area (Å²) in [4.78, 5) is 14.0. The van der Waals surface area contributed by atoms with E-state index in [1.807, 2.05) is 4.90 Å². The second-order valence-electron chi connectivity index (χ2n) is 4.69. The molecule has 0 aromatic heterocycles. The zero-order valence-electron chi connectivity index (χ0n) is 10.7. The molecular formula is C13H25NO2. The van der Waals surface area contributed by atoms with Gasteiger partial charge in [-0.05, 0) is 6.42 Å². The van der Waals surface area contributed by atoms with Crippen LogP contribution < -0.4 is 0 Å². The van der Waals surface area contributed by atoms with Crippen LogP contribution in [-0.2, 0) is 9.53 Å². The van der Waals surface area contributed by atoms with Gasteiger partial charge in [0.25, 0.3) is 0 Å². The summed E-state index contributed by atoms with van der Waals surface area (Å²) in [7, 11) is 0. The van der Waals surface area contributed by atoms with Crippen LogP contribution in [0.25, 0.3) is 0 Å². The number of unbranched alkanes of at least 4 members (excludes halogenated alkanes) is 3. The third kappa shape index (κ3) is 4.52. The second kappa shape index (κ2) is 7.66. The molecule has 0 saturated carbocycles. The van der Waals surface area contributed by atoms with E-state index in [4.69, 9.17) is 4.74 Å². The number of amides is 1. The second-order valence-corrected chi connectivity index (χ2v) is 4.69. The lowest BCUT2D eigenvalue weighted by atomic mass is 10.0. The molecule has 1 aliphatic rings. The van der Waals surface area contributed by atoms with Crippen molar-refractivity contribution >= 4 is 5.91 Å². The number of morpholine rings is 1. The average molecular weight is 227 g/mol. The van der Waals surface area contributed by atoms with E-state index in [9.17, 15) is 4.79 Å². The standard InChI is InChI=1S/C13H25NO2/c1-3-4-5-6-7-12(2)13(15)14-8-10-16-11-9-14/h12H,3-11H2,1-2H3. The molecule has 0 aliphatic carbocycles. The highest BCUT2D eigenvalue weighted by Crippen LogP contribution is 2.14. The first-order chi connectivity index (χ1) is 7.75. The minimum absolute atomic E-state index is 0.190. The normalized spacial score (nSPS) is 18.5. The van der Waals surface area contributed by atoms with Gasteiger partial charge in [-0.2, -0.15) is 0 Å². The van der Waals surface area contributed by atoms with Crippen molar-refractivity contribution in [3.8, 4) is 0 Å². The summed E-state index contributed by atoms with van der Waals surface area (Å²) >= 11 is 0. The summed E-state index contributed by atoms with van der Waals surface area (Å²) in [5.74, 6) is 0.509. The molecule has 1 amide bonds. The molecule has 0 aromatic rings. The van der Waals surface area contributed by atoms with Gasteiger partial charge in [0.1, 0.15) is 0 Å². The van der Waals surface area contributed by atoms with Crippen molar-refractivity contribution in [2.45, 2.75) is 46.0 Å². The van der Waals surface area contributed by atoms with Crippen molar-refractivity contribution in [1.29, 1.82) is 0 Å². The molecule has 0 radical (unpaired) electrons. The van der Waals surface area contributed by atoms with Gasteiger partial charge in [-0.25, -0.2) is 0 Å². The van der Waals surface area contributed by atoms with Crippen molar-refractivity contribution in [3.63, 3.8) is 0 Å². The number of ether oxygens (including phenoxy) is 1. The molecule has 1 unspecified atom stereocenters. The highest BCUT2D eigenvalue weighted by molar-refractivity contribution is 5.78. The first kappa shape index (κ1) is 13.5. The topological polar surface area (TPSA) is 29.5 Å². The number of nitrogens with zero attached hydrogens (tertiary/aromatic N) is 1. The van der Waals surface area contributed by atoms with Crippen molar-refractivity contribution in [2.75, 3.05) is 26.3 Å². The van der Waals surface area contributed by atoms with E-state index in [1.54, 1.807) is 0 Å². The zero-order chi connectivity index (χ0) is 11.8. The number of hydrogen-bond acceptors (Lipinski definition) is 2. The van der Waals surface area contributed by atoms with Crippen LogP contribution in [0.4, 0.5) is 0 Å². The number of carbonyl (C=O) groups is 1. The van der Waals surface area contributed by atoms with E-state index in [0.717, 1.165) is 19.5 Å². The Bertz CT molecular complexity index is 200. The predicted molar refractivity (Wildman–Crippen MR) is 65.3 cm³/mol. The molecule has 1 fully saturated rings. The lowest BCUT2D eigenvalue weighted by Gasteiger charge is -2.29. The first-order valence-corrected chi connectivity index (χ1v) is 6.62. The molecule has 0 N–H and O–H groups in total. The largest absolute Gasteiger partial charge is 0.378 e. The Labute approximate surface area is 99.1 Å². The lowest BCUT2D eigenvalue weighted by Crippen LogP contribution is -2.43. The van der Waals surface area contributed by atoms with Crippen LogP contribution in [0.3, 0.4) is 0 Å². The van der Waals surface area contributed by atoms with Gasteiger partial charge in [-0.15, -0.1) is 0 Å². The van der Waals surface area contributed by atoms with Crippen molar-refractivity contribution in [3.05, 3.63) is 0 Å². The molecule has 0 spiro atoms. The van der Waals surface area contributed by atoms with Gasteiger partial charge in [0.15, 0.2) is 0 Å². The smallest absolute Gasteiger partial charge is 0.225 e. The number of rotatable bonds is 6. The van der Waals surface area contributed by atoms with Gasteiger partial charge in [0, 0.05) is 19.0 Å². The molecule has 0 aromatic carbocycles. The summed E-state index contributed by atoms with van der Waals surface area (Å²) in [5, 5.41) is 0. The molecule has 1 aliphatic heterocycles. The van der Waals surface area contributed by atoms with Crippen LogP contribution in [0.5, 0.6) is 0 Å². The maximum atomic E-state index is 12.0. The Balaban J connectivity index is 2.18. The fourth-order valence-electron chi connectivity index (χ4n) is 2.10. The Kier molecular flexibility index (Phi) is 6.46. The van der Waals surface area contributed by atoms with E-state index in [2.05, 4.69) is 13.8 Å². The van der Waals surface area contributed by atoms with Crippen molar-refractivity contribution in [1.82, 2.24) is 4.90 Å². The minimum atomic E-state index is 0.190. The van der Waals surface area contributed by atoms with Gasteiger partial charge in [-0.3, -0.25) is 4.79 Å². The molecule has 16 heavy (non-hydrogen) atoms. The van der Waals surface area contributed by atoms with E-state index in [0.29, 0.717) is 19.1 Å². The maximum Gasteiger partial charge on any atom is 0.225 e. The van der Waals surface area contributed by atoms with E-state index >= 15 is 0 Å². The molecule has 1 atom stereocenters. The van der Waals surface area contributed by atoms with Gasteiger partial charge < -0.3 is 9.64 Å². The van der Waals surface area contributed by atoms with Crippen LogP contribution in [-0.4, -0.2) is 37.1 Å². The lowest BCUT2D eigenvalue weighted by molar-refractivity contribution is -0.139. The monoisotopic (exact) mass is 227 g/mol. The first-order valence-electron chi connectivity index (χ1n) is 6.62. The van der Waals surface area contributed by atoms with Crippen LogP contribution >= 0.6 is 0 Å². The maximum absolute atomic E-state index is 12.0. The van der Waals surface area contributed by atoms with Gasteiger partial charge in [0.2, 0.25) is 5.91 Å². The van der Waals surface area contributed by atoms with Gasteiger partial charge >= 0.3 is 0 Å². The SMILES string of the molecule is CCCCCCC(C)C(=O)N1CCOCC1. The van der Waals surface area contributed by atoms with E-state index in [-0.39, 0.29) is 5.92 Å². The van der Waals surface area contributed by atoms with Crippen LogP contribution in [0.15, 0.2) is 0 Å². The third-order valence-electron chi connectivity index (χ3n) is 3.24. The molecule has 3 nitrogen and oxygen atoms in total. The summed E-state index contributed by atoms with van der Waals surface area (Å²) in [6.45, 7) is 7.23. The highest BCUT2D eigenvalue weighted by Gasteiger charge is 2.21. The zero-order valence-corrected chi connectivity index (χ0v) is 10.7. The van der Waals surface area contributed by atoms with Crippen molar-refractivity contribution in [2.24, 2.45) is 5.92 Å². The van der Waals surface area contributed by atoms with Gasteiger partial charge in [0.05, 0.1) is 13.2 Å². The Morgan fingerprint density at radius 2 is 1.94 bits per heavy atom. The van der Waals surface area contributed by atoms with E-state index in [1.165, 1.54) is 25.7 Å². The summed E-state index contributed by atoms with van der Waals surface area (Å²) in [6, 6.07) is 0. The summed E-state index contributed by atoms with van der Waals surface area (Å²) in [5.41, 5.74) is 0. The Hall–Kier alpha value is -0.570. The fraction of sp³-hybridized carbons (Fsp3) is 0.923. The molecule has 0 bridgehead atoms. The van der Waals surface area contributed by atoms with Gasteiger partial charge in [-0.1, -0.05) is 39.5 Å². The molecular weight excluding hydrogens is 202 g/mol. The third-order valence-corrected chi connectivity index (χ3v) is 3.24. The molecule has 1 saturated heterocycles. The van der Waals surface area contributed by atoms with Crippen LogP contribution in [0.1, 0.15) is 46.0 Å². The fourth-order valence-corrected chi connectivity index (χ4v) is 2.10. The van der Waals surface area contributed by atoms with Crippen LogP contribution in [0.2, 0.25) is 0 Å². The summed E-state index contributed by atoms with van der Waals surface area (Å²) < 4.78 is 5.25. The molecule has 1 rings (SSSR count). The number of carbonyl (C=O) groups excluding carboxylic acids is 1. The quantitative estimate of drug-likeness (QED) is 0.652. The van der Waals surface area contributed by atoms with E-state index < -0.39 is 0 Å². The predicted octanol–water partition coefficient (Wildman–Crippen LogP) is 2.45. The minimum Gasteiger partial charge on any atom is -0.378 e. The molecule has 3 heteroatoms. The highest BCUT2D eigenvalue weighted by atomic mass is 16.5. The number of hydrogen-bond donors (Lipinski definition) is 0. The molecule has 1 heterocycles. The Morgan fingerprint density at radius 1 is 1.25 bits per heavy atom. The Morgan fingerprint density at radius 3 is 2.56 bits per heavy atom. The molecule has 94 valence electrons. The van der Waals surface area contributed by atoms with Crippen LogP contribution in [0, 0.1) is 5.92 Å². The van der Waals surface area contributed by atoms with Crippen molar-refractivity contribution < 1.29 is 9.53 Å².